The maximum absolute atomic E-state index is 11.3. The Morgan fingerprint density at radius 3 is 2.43 bits per heavy atom. The fraction of sp³-hybridized carbons (Fsp3) is 0.400. The van der Waals surface area contributed by atoms with Crippen molar-refractivity contribution in [3.05, 3.63) is 29.8 Å². The molecule has 21 heavy (non-hydrogen) atoms. The largest absolute Gasteiger partial charge is 0.324 e. The Balaban J connectivity index is 1.76. The van der Waals surface area contributed by atoms with E-state index in [1.165, 1.54) is 0 Å². The zero-order valence-corrected chi connectivity index (χ0v) is 12.2. The van der Waals surface area contributed by atoms with Gasteiger partial charge in [0.25, 0.3) is 0 Å². The molecular formula is C15H18N4O2. The highest BCUT2D eigenvalue weighted by atomic mass is 16.5. The van der Waals surface area contributed by atoms with Crippen molar-refractivity contribution in [3.8, 4) is 11.4 Å². The van der Waals surface area contributed by atoms with Gasteiger partial charge in [0.2, 0.25) is 5.82 Å². The van der Waals surface area contributed by atoms with Crippen LogP contribution in [-0.2, 0) is 0 Å². The Hall–Kier alpha value is -2.21. The summed E-state index contributed by atoms with van der Waals surface area (Å²) in [6, 6.07) is 7.81. The molecular weight excluding hydrogens is 268 g/mol. The van der Waals surface area contributed by atoms with Crippen molar-refractivity contribution >= 4 is 11.8 Å². The van der Waals surface area contributed by atoms with Gasteiger partial charge in [-0.25, -0.2) is 0 Å². The lowest BCUT2D eigenvalue weighted by molar-refractivity contribution is 0.101. The lowest BCUT2D eigenvalue weighted by Crippen LogP contribution is -2.44. The average molecular weight is 286 g/mol. The maximum atomic E-state index is 11.3. The summed E-state index contributed by atoms with van der Waals surface area (Å²) in [5.41, 5.74) is 1.53. The van der Waals surface area contributed by atoms with E-state index >= 15 is 0 Å². The first-order valence-electron chi connectivity index (χ1n) is 7.02. The summed E-state index contributed by atoms with van der Waals surface area (Å²) in [5.74, 6) is 0.604. The molecule has 6 heteroatoms. The van der Waals surface area contributed by atoms with Crippen molar-refractivity contribution in [3.63, 3.8) is 0 Å². The zero-order valence-electron chi connectivity index (χ0n) is 12.2. The molecule has 0 bridgehead atoms. The van der Waals surface area contributed by atoms with Crippen LogP contribution >= 0.6 is 0 Å². The molecule has 110 valence electrons. The molecule has 0 amide bonds. The van der Waals surface area contributed by atoms with Crippen LogP contribution in [0.1, 0.15) is 17.3 Å². The second-order valence-corrected chi connectivity index (χ2v) is 5.32. The first-order chi connectivity index (χ1) is 10.1. The summed E-state index contributed by atoms with van der Waals surface area (Å²) >= 11 is 0. The van der Waals surface area contributed by atoms with E-state index in [0.717, 1.165) is 31.7 Å². The normalized spacial score (nSPS) is 16.2. The minimum atomic E-state index is 0.0489. The van der Waals surface area contributed by atoms with Gasteiger partial charge in [-0.3, -0.25) is 4.79 Å². The molecule has 0 saturated carbocycles. The van der Waals surface area contributed by atoms with E-state index in [0.29, 0.717) is 17.4 Å². The number of hydrogen-bond donors (Lipinski definition) is 0. The number of anilines is 1. The molecule has 0 aliphatic carbocycles. The standard InChI is InChI=1S/C15H18N4O2/c1-11(20)12-3-5-13(6-4-12)14-16-15(21-17-14)19-9-7-18(2)8-10-19/h3-6H,7-10H2,1-2H3. The van der Waals surface area contributed by atoms with Gasteiger partial charge in [0.15, 0.2) is 5.78 Å². The van der Waals surface area contributed by atoms with Gasteiger partial charge >= 0.3 is 6.01 Å². The van der Waals surface area contributed by atoms with E-state index in [1.807, 2.05) is 12.1 Å². The van der Waals surface area contributed by atoms with Crippen molar-refractivity contribution in [2.45, 2.75) is 6.92 Å². The lowest BCUT2D eigenvalue weighted by atomic mass is 10.1. The van der Waals surface area contributed by atoms with E-state index < -0.39 is 0 Å². The highest BCUT2D eigenvalue weighted by Crippen LogP contribution is 2.21. The highest BCUT2D eigenvalue weighted by Gasteiger charge is 2.19. The van der Waals surface area contributed by atoms with E-state index in [-0.39, 0.29) is 5.78 Å². The molecule has 2 heterocycles. The second-order valence-electron chi connectivity index (χ2n) is 5.32. The smallest absolute Gasteiger partial charge is 0.322 e. The molecule has 1 aliphatic heterocycles. The molecule has 0 unspecified atom stereocenters. The molecule has 1 aromatic heterocycles. The summed E-state index contributed by atoms with van der Waals surface area (Å²) in [6.07, 6.45) is 0. The predicted molar refractivity (Wildman–Crippen MR) is 79.4 cm³/mol. The summed E-state index contributed by atoms with van der Waals surface area (Å²) in [7, 11) is 2.10. The van der Waals surface area contributed by atoms with Crippen LogP contribution in [-0.4, -0.2) is 54.1 Å². The number of piperazine rings is 1. The van der Waals surface area contributed by atoms with E-state index in [2.05, 4.69) is 27.0 Å². The van der Waals surface area contributed by atoms with Gasteiger partial charge < -0.3 is 14.3 Å². The Kier molecular flexibility index (Phi) is 3.70. The lowest BCUT2D eigenvalue weighted by Gasteiger charge is -2.30. The third-order valence-corrected chi connectivity index (χ3v) is 3.74. The summed E-state index contributed by atoms with van der Waals surface area (Å²) in [5, 5.41) is 4.03. The molecule has 2 aromatic rings. The fourth-order valence-electron chi connectivity index (χ4n) is 2.31. The Morgan fingerprint density at radius 1 is 1.14 bits per heavy atom. The van der Waals surface area contributed by atoms with Crippen LogP contribution in [0.5, 0.6) is 0 Å². The quantitative estimate of drug-likeness (QED) is 0.800. The molecule has 1 aromatic carbocycles. The molecule has 6 nitrogen and oxygen atoms in total. The van der Waals surface area contributed by atoms with Crippen molar-refractivity contribution in [2.75, 3.05) is 38.1 Å². The number of Topliss-reactive ketones (excluding diaryl/α,β-unsaturated/α-hetero) is 1. The van der Waals surface area contributed by atoms with Crippen LogP contribution in [0.3, 0.4) is 0 Å². The van der Waals surface area contributed by atoms with Gasteiger partial charge in [-0.05, 0) is 14.0 Å². The summed E-state index contributed by atoms with van der Waals surface area (Å²) < 4.78 is 5.35. The van der Waals surface area contributed by atoms with Gasteiger partial charge in [0.1, 0.15) is 0 Å². The minimum absolute atomic E-state index is 0.0489. The summed E-state index contributed by atoms with van der Waals surface area (Å²) in [4.78, 5) is 20.1. The van der Waals surface area contributed by atoms with Gasteiger partial charge in [-0.1, -0.05) is 29.4 Å². The topological polar surface area (TPSA) is 62.5 Å². The molecule has 0 spiro atoms. The molecule has 0 radical (unpaired) electrons. The number of hydrogen-bond acceptors (Lipinski definition) is 6. The fourth-order valence-corrected chi connectivity index (χ4v) is 2.31. The molecule has 1 fully saturated rings. The number of carbonyl (C=O) groups is 1. The van der Waals surface area contributed by atoms with Crippen molar-refractivity contribution in [1.82, 2.24) is 15.0 Å². The van der Waals surface area contributed by atoms with Crippen LogP contribution in [0.2, 0.25) is 0 Å². The number of likely N-dealkylation sites (N-methyl/N-ethyl adjacent to an activating group) is 1. The van der Waals surface area contributed by atoms with Crippen molar-refractivity contribution < 1.29 is 9.32 Å². The third kappa shape index (κ3) is 2.95. The first kappa shape index (κ1) is 13.8. The molecule has 0 atom stereocenters. The van der Waals surface area contributed by atoms with Crippen LogP contribution in [0.15, 0.2) is 28.8 Å². The molecule has 1 aliphatic rings. The highest BCUT2D eigenvalue weighted by molar-refractivity contribution is 5.94. The van der Waals surface area contributed by atoms with Crippen LogP contribution < -0.4 is 4.90 Å². The zero-order chi connectivity index (χ0) is 14.8. The number of ketones is 1. The van der Waals surface area contributed by atoms with Crippen LogP contribution in [0.4, 0.5) is 6.01 Å². The van der Waals surface area contributed by atoms with E-state index in [1.54, 1.807) is 19.1 Å². The number of nitrogens with zero attached hydrogens (tertiary/aromatic N) is 4. The van der Waals surface area contributed by atoms with Gasteiger partial charge in [-0.2, -0.15) is 4.98 Å². The number of benzene rings is 1. The molecule has 1 saturated heterocycles. The SMILES string of the molecule is CC(=O)c1ccc(-c2noc(N3CCN(C)CC3)n2)cc1. The van der Waals surface area contributed by atoms with Gasteiger partial charge in [0, 0.05) is 37.3 Å². The Bertz CT molecular complexity index is 627. The van der Waals surface area contributed by atoms with Crippen LogP contribution in [0.25, 0.3) is 11.4 Å². The summed E-state index contributed by atoms with van der Waals surface area (Å²) in [6.45, 7) is 5.31. The molecule has 3 rings (SSSR count). The van der Waals surface area contributed by atoms with E-state index in [9.17, 15) is 4.79 Å². The molecule has 0 N–H and O–H groups in total. The van der Waals surface area contributed by atoms with Gasteiger partial charge in [0.05, 0.1) is 0 Å². The van der Waals surface area contributed by atoms with Crippen LogP contribution in [0, 0.1) is 0 Å². The number of carbonyl (C=O) groups excluding carboxylic acids is 1. The monoisotopic (exact) mass is 286 g/mol. The third-order valence-electron chi connectivity index (χ3n) is 3.74. The van der Waals surface area contributed by atoms with Crippen molar-refractivity contribution in [1.29, 1.82) is 0 Å². The van der Waals surface area contributed by atoms with Gasteiger partial charge in [-0.15, -0.1) is 0 Å². The first-order valence-corrected chi connectivity index (χ1v) is 7.02. The minimum Gasteiger partial charge on any atom is -0.322 e. The predicted octanol–water partition coefficient (Wildman–Crippen LogP) is 1.69. The number of rotatable bonds is 3. The Morgan fingerprint density at radius 2 is 1.81 bits per heavy atom. The number of aromatic nitrogens is 2. The maximum Gasteiger partial charge on any atom is 0.324 e. The second kappa shape index (κ2) is 5.65. The van der Waals surface area contributed by atoms with E-state index in [4.69, 9.17) is 4.52 Å². The van der Waals surface area contributed by atoms with Crippen molar-refractivity contribution in [2.24, 2.45) is 0 Å². The Labute approximate surface area is 123 Å². The average Bonchev–Trinajstić information content (AvgIpc) is 2.98.